The summed E-state index contributed by atoms with van der Waals surface area (Å²) in [6.45, 7) is 7.35. The maximum Gasteiger partial charge on any atom is 0.410 e. The lowest BCUT2D eigenvalue weighted by atomic mass is 9.95. The van der Waals surface area contributed by atoms with Crippen LogP contribution >= 0.6 is 0 Å². The summed E-state index contributed by atoms with van der Waals surface area (Å²) in [5.74, 6) is 0. The Labute approximate surface area is 109 Å². The van der Waals surface area contributed by atoms with Crippen LogP contribution in [0.4, 0.5) is 4.79 Å². The molecule has 0 aromatic rings. The van der Waals surface area contributed by atoms with Gasteiger partial charge >= 0.3 is 6.09 Å². The van der Waals surface area contributed by atoms with Crippen molar-refractivity contribution in [2.24, 2.45) is 0 Å². The monoisotopic (exact) mass is 258 g/mol. The van der Waals surface area contributed by atoms with Gasteiger partial charge in [0.2, 0.25) is 0 Å². The van der Waals surface area contributed by atoms with Gasteiger partial charge < -0.3 is 20.1 Å². The fourth-order valence-electron chi connectivity index (χ4n) is 2.19. The molecule has 1 fully saturated rings. The van der Waals surface area contributed by atoms with Crippen LogP contribution in [0.15, 0.2) is 0 Å². The quantitative estimate of drug-likeness (QED) is 0.785. The summed E-state index contributed by atoms with van der Waals surface area (Å²) < 4.78 is 5.35. The summed E-state index contributed by atoms with van der Waals surface area (Å²) in [6, 6.07) is 0. The zero-order valence-corrected chi connectivity index (χ0v) is 12.0. The van der Waals surface area contributed by atoms with Gasteiger partial charge in [0, 0.05) is 19.6 Å². The second-order valence-corrected chi connectivity index (χ2v) is 6.08. The predicted octanol–water partition coefficient (Wildman–Crippen LogP) is 1.36. The van der Waals surface area contributed by atoms with E-state index in [1.165, 1.54) is 0 Å². The number of nitrogens with zero attached hydrogens (tertiary/aromatic N) is 1. The smallest absolute Gasteiger partial charge is 0.410 e. The van der Waals surface area contributed by atoms with Crippen LogP contribution in [0.3, 0.4) is 0 Å². The highest BCUT2D eigenvalue weighted by atomic mass is 16.6. The fourth-order valence-corrected chi connectivity index (χ4v) is 2.19. The maximum absolute atomic E-state index is 11.9. The highest BCUT2D eigenvalue weighted by molar-refractivity contribution is 5.68. The number of likely N-dealkylation sites (N-methyl/N-ethyl adjacent to an activating group) is 1. The SMILES string of the molecule is CNCC1(O)CCCN(C(=O)OC(C)(C)C)CC1. The molecule has 106 valence electrons. The number of hydrogen-bond acceptors (Lipinski definition) is 4. The van der Waals surface area contributed by atoms with Gasteiger partial charge in [-0.2, -0.15) is 0 Å². The Hall–Kier alpha value is -0.810. The van der Waals surface area contributed by atoms with E-state index in [0.29, 0.717) is 32.5 Å². The van der Waals surface area contributed by atoms with E-state index in [2.05, 4.69) is 5.32 Å². The molecule has 1 unspecified atom stereocenters. The summed E-state index contributed by atoms with van der Waals surface area (Å²) in [6.07, 6.45) is 1.83. The Morgan fingerprint density at radius 1 is 1.39 bits per heavy atom. The minimum atomic E-state index is -0.703. The Morgan fingerprint density at radius 2 is 2.06 bits per heavy atom. The van der Waals surface area contributed by atoms with E-state index in [9.17, 15) is 9.90 Å². The minimum Gasteiger partial charge on any atom is -0.444 e. The molecule has 0 aromatic heterocycles. The van der Waals surface area contributed by atoms with Crippen molar-refractivity contribution in [1.82, 2.24) is 10.2 Å². The number of amides is 1. The van der Waals surface area contributed by atoms with Crippen molar-refractivity contribution in [1.29, 1.82) is 0 Å². The first-order chi connectivity index (χ1) is 8.26. The van der Waals surface area contributed by atoms with E-state index in [-0.39, 0.29) is 6.09 Å². The largest absolute Gasteiger partial charge is 0.444 e. The molecule has 1 aliphatic heterocycles. The van der Waals surface area contributed by atoms with E-state index in [1.54, 1.807) is 4.90 Å². The lowest BCUT2D eigenvalue weighted by Crippen LogP contribution is -2.41. The third kappa shape index (κ3) is 4.82. The van der Waals surface area contributed by atoms with Crippen LogP contribution < -0.4 is 5.32 Å². The molecule has 5 nitrogen and oxygen atoms in total. The molecule has 1 atom stereocenters. The molecule has 18 heavy (non-hydrogen) atoms. The standard InChI is InChI=1S/C13H26N2O3/c1-12(2,3)18-11(16)15-8-5-6-13(17,7-9-15)10-14-4/h14,17H,5-10H2,1-4H3. The third-order valence-electron chi connectivity index (χ3n) is 3.07. The van der Waals surface area contributed by atoms with E-state index in [1.807, 2.05) is 27.8 Å². The van der Waals surface area contributed by atoms with Gasteiger partial charge in [-0.25, -0.2) is 4.79 Å². The second kappa shape index (κ2) is 5.89. The molecule has 1 saturated heterocycles. The highest BCUT2D eigenvalue weighted by Gasteiger charge is 2.32. The van der Waals surface area contributed by atoms with Crippen molar-refractivity contribution >= 4 is 6.09 Å². The molecule has 0 aromatic carbocycles. The van der Waals surface area contributed by atoms with Crippen LogP contribution in [-0.4, -0.2) is 54.0 Å². The lowest BCUT2D eigenvalue weighted by molar-refractivity contribution is 0.0163. The van der Waals surface area contributed by atoms with Gasteiger partial charge in [-0.3, -0.25) is 0 Å². The number of nitrogens with one attached hydrogen (secondary N) is 1. The molecule has 1 rings (SSSR count). The van der Waals surface area contributed by atoms with E-state index < -0.39 is 11.2 Å². The van der Waals surface area contributed by atoms with Crippen LogP contribution in [0.5, 0.6) is 0 Å². The number of likely N-dealkylation sites (tertiary alicyclic amines) is 1. The molecule has 2 N–H and O–H groups in total. The van der Waals surface area contributed by atoms with Crippen LogP contribution in [-0.2, 0) is 4.74 Å². The fraction of sp³-hybridized carbons (Fsp3) is 0.923. The molecule has 0 saturated carbocycles. The van der Waals surface area contributed by atoms with Crippen molar-refractivity contribution < 1.29 is 14.6 Å². The molecule has 1 aliphatic rings. The lowest BCUT2D eigenvalue weighted by Gasteiger charge is -2.28. The summed E-state index contributed by atoms with van der Waals surface area (Å²) in [4.78, 5) is 13.6. The van der Waals surface area contributed by atoms with Gasteiger partial charge in [0.05, 0.1) is 5.60 Å². The van der Waals surface area contributed by atoms with Crippen LogP contribution in [0, 0.1) is 0 Å². The zero-order chi connectivity index (χ0) is 13.8. The van der Waals surface area contributed by atoms with Gasteiger partial charge in [0.15, 0.2) is 0 Å². The molecule has 1 amide bonds. The summed E-state index contributed by atoms with van der Waals surface area (Å²) in [5.41, 5.74) is -1.17. The minimum absolute atomic E-state index is 0.281. The predicted molar refractivity (Wildman–Crippen MR) is 70.5 cm³/mol. The van der Waals surface area contributed by atoms with Crippen molar-refractivity contribution in [2.75, 3.05) is 26.7 Å². The molecule has 0 radical (unpaired) electrons. The van der Waals surface area contributed by atoms with Crippen molar-refractivity contribution in [3.8, 4) is 0 Å². The molecule has 0 bridgehead atoms. The number of carbonyl (C=O) groups excluding carboxylic acids is 1. The van der Waals surface area contributed by atoms with Crippen molar-refractivity contribution in [3.63, 3.8) is 0 Å². The second-order valence-electron chi connectivity index (χ2n) is 6.08. The number of rotatable bonds is 2. The first kappa shape index (κ1) is 15.2. The summed E-state index contributed by atoms with van der Waals surface area (Å²) in [7, 11) is 1.83. The van der Waals surface area contributed by atoms with Crippen LogP contribution in [0.1, 0.15) is 40.0 Å². The molecule has 5 heteroatoms. The van der Waals surface area contributed by atoms with Gasteiger partial charge in [-0.15, -0.1) is 0 Å². The Bertz CT molecular complexity index is 288. The summed E-state index contributed by atoms with van der Waals surface area (Å²) in [5, 5.41) is 13.3. The van der Waals surface area contributed by atoms with E-state index in [4.69, 9.17) is 4.74 Å². The first-order valence-electron chi connectivity index (χ1n) is 6.61. The molecular formula is C13H26N2O3. The molecule has 1 heterocycles. The molecular weight excluding hydrogens is 232 g/mol. The number of ether oxygens (including phenoxy) is 1. The van der Waals surface area contributed by atoms with Crippen molar-refractivity contribution in [3.05, 3.63) is 0 Å². The molecule has 0 aliphatic carbocycles. The van der Waals surface area contributed by atoms with Crippen molar-refractivity contribution in [2.45, 2.75) is 51.2 Å². The van der Waals surface area contributed by atoms with E-state index in [0.717, 1.165) is 6.42 Å². The topological polar surface area (TPSA) is 61.8 Å². The van der Waals surface area contributed by atoms with Gasteiger partial charge in [0.25, 0.3) is 0 Å². The summed E-state index contributed by atoms with van der Waals surface area (Å²) >= 11 is 0. The third-order valence-corrected chi connectivity index (χ3v) is 3.07. The average molecular weight is 258 g/mol. The van der Waals surface area contributed by atoms with Gasteiger partial charge in [0.1, 0.15) is 5.60 Å². The first-order valence-corrected chi connectivity index (χ1v) is 6.61. The van der Waals surface area contributed by atoms with Crippen LogP contribution in [0.25, 0.3) is 0 Å². The van der Waals surface area contributed by atoms with Crippen LogP contribution in [0.2, 0.25) is 0 Å². The Morgan fingerprint density at radius 3 is 2.61 bits per heavy atom. The highest BCUT2D eigenvalue weighted by Crippen LogP contribution is 2.22. The maximum atomic E-state index is 11.9. The Kier molecular flexibility index (Phi) is 4.99. The Balaban J connectivity index is 2.54. The molecule has 0 spiro atoms. The average Bonchev–Trinajstić information content (AvgIpc) is 2.38. The zero-order valence-electron chi connectivity index (χ0n) is 12.0. The number of aliphatic hydroxyl groups is 1. The van der Waals surface area contributed by atoms with Gasteiger partial charge in [-0.05, 0) is 47.1 Å². The van der Waals surface area contributed by atoms with E-state index >= 15 is 0 Å². The normalized spacial score (nSPS) is 25.7. The number of hydrogen-bond donors (Lipinski definition) is 2. The number of carbonyl (C=O) groups is 1. The van der Waals surface area contributed by atoms with Gasteiger partial charge in [-0.1, -0.05) is 0 Å².